The summed E-state index contributed by atoms with van der Waals surface area (Å²) in [4.78, 5) is 0. The number of aromatic amines is 1. The van der Waals surface area contributed by atoms with Gasteiger partial charge in [-0.15, -0.1) is 0 Å². The van der Waals surface area contributed by atoms with Gasteiger partial charge in [0.1, 0.15) is 0 Å². The molecule has 0 saturated carbocycles. The van der Waals surface area contributed by atoms with Crippen molar-refractivity contribution in [1.29, 1.82) is 0 Å². The molecule has 1 fully saturated rings. The van der Waals surface area contributed by atoms with Crippen molar-refractivity contribution in [2.75, 3.05) is 13.1 Å². The molecule has 1 aliphatic carbocycles. The molecule has 1 saturated heterocycles. The van der Waals surface area contributed by atoms with Crippen LogP contribution < -0.4 is 5.32 Å². The van der Waals surface area contributed by atoms with E-state index in [2.05, 4.69) is 29.4 Å². The minimum Gasteiger partial charge on any atom is -0.316 e. The fraction of sp³-hybridized carbons (Fsp3) is 0.750. The molecule has 2 heterocycles. The Morgan fingerprint density at radius 1 is 1.47 bits per heavy atom. The van der Waals surface area contributed by atoms with Crippen molar-refractivity contribution in [3.8, 4) is 0 Å². The minimum atomic E-state index is 0.380. The lowest BCUT2D eigenvalue weighted by atomic mass is 9.64. The van der Waals surface area contributed by atoms with Crippen LogP contribution in [0.15, 0.2) is 0 Å². The summed E-state index contributed by atoms with van der Waals surface area (Å²) in [6.07, 6.45) is 3.73. The lowest BCUT2D eigenvalue weighted by molar-refractivity contribution is 0.273. The van der Waals surface area contributed by atoms with E-state index in [9.17, 15) is 0 Å². The Labute approximate surface area is 90.7 Å². The molecule has 2 unspecified atom stereocenters. The normalized spacial score (nSPS) is 34.7. The minimum absolute atomic E-state index is 0.380. The van der Waals surface area contributed by atoms with Crippen LogP contribution in [0, 0.1) is 12.8 Å². The zero-order chi connectivity index (χ0) is 10.5. The first-order valence-electron chi connectivity index (χ1n) is 5.99. The van der Waals surface area contributed by atoms with E-state index < -0.39 is 0 Å². The van der Waals surface area contributed by atoms with Gasteiger partial charge in [0.2, 0.25) is 0 Å². The van der Waals surface area contributed by atoms with Gasteiger partial charge in [0.25, 0.3) is 0 Å². The van der Waals surface area contributed by atoms with Gasteiger partial charge in [-0.1, -0.05) is 6.92 Å². The average Bonchev–Trinajstić information content (AvgIpc) is 2.81. The van der Waals surface area contributed by atoms with Crippen LogP contribution in [0.5, 0.6) is 0 Å². The summed E-state index contributed by atoms with van der Waals surface area (Å²) in [7, 11) is 0. The molecule has 2 aliphatic rings. The molecule has 2 atom stereocenters. The summed E-state index contributed by atoms with van der Waals surface area (Å²) in [5, 5.41) is 11.2. The lowest BCUT2D eigenvalue weighted by Crippen LogP contribution is -2.40. The molecule has 15 heavy (non-hydrogen) atoms. The second-order valence-electron chi connectivity index (χ2n) is 5.19. The number of rotatable bonds is 0. The van der Waals surface area contributed by atoms with Crippen molar-refractivity contribution in [1.82, 2.24) is 15.5 Å². The Balaban J connectivity index is 2.16. The van der Waals surface area contributed by atoms with Gasteiger partial charge in [0.05, 0.1) is 5.69 Å². The molecular weight excluding hydrogens is 186 g/mol. The van der Waals surface area contributed by atoms with Crippen LogP contribution in [0.2, 0.25) is 0 Å². The van der Waals surface area contributed by atoms with Crippen molar-refractivity contribution in [2.24, 2.45) is 5.92 Å². The van der Waals surface area contributed by atoms with Crippen molar-refractivity contribution in [3.05, 3.63) is 17.0 Å². The average molecular weight is 205 g/mol. The van der Waals surface area contributed by atoms with Crippen LogP contribution in [0.1, 0.15) is 36.7 Å². The highest BCUT2D eigenvalue weighted by molar-refractivity contribution is 5.38. The topological polar surface area (TPSA) is 40.7 Å². The Bertz CT molecular complexity index is 374. The van der Waals surface area contributed by atoms with E-state index in [1.54, 1.807) is 0 Å². The molecule has 0 bridgehead atoms. The van der Waals surface area contributed by atoms with E-state index >= 15 is 0 Å². The standard InChI is InChI=1S/C12H19N3/c1-8-3-4-10-11(9(2)14-15-10)12(8)5-6-13-7-12/h8,13H,3-7H2,1-2H3,(H,14,15). The summed E-state index contributed by atoms with van der Waals surface area (Å²) in [6, 6.07) is 0. The third-order valence-corrected chi connectivity index (χ3v) is 4.47. The van der Waals surface area contributed by atoms with Crippen LogP contribution in [-0.4, -0.2) is 23.3 Å². The summed E-state index contributed by atoms with van der Waals surface area (Å²) >= 11 is 0. The Morgan fingerprint density at radius 2 is 2.33 bits per heavy atom. The zero-order valence-electron chi connectivity index (χ0n) is 9.56. The van der Waals surface area contributed by atoms with Crippen LogP contribution in [0.4, 0.5) is 0 Å². The third kappa shape index (κ3) is 1.13. The molecule has 2 N–H and O–H groups in total. The van der Waals surface area contributed by atoms with E-state index in [1.165, 1.54) is 29.8 Å². The van der Waals surface area contributed by atoms with Crippen molar-refractivity contribution < 1.29 is 0 Å². The number of aromatic nitrogens is 2. The second kappa shape index (κ2) is 3.08. The monoisotopic (exact) mass is 205 g/mol. The number of fused-ring (bicyclic) bond motifs is 2. The van der Waals surface area contributed by atoms with E-state index in [4.69, 9.17) is 0 Å². The molecule has 0 amide bonds. The highest BCUT2D eigenvalue weighted by Gasteiger charge is 2.46. The molecule has 82 valence electrons. The van der Waals surface area contributed by atoms with Crippen LogP contribution in [0.25, 0.3) is 0 Å². The van der Waals surface area contributed by atoms with Crippen molar-refractivity contribution in [2.45, 2.75) is 38.5 Å². The molecule has 0 radical (unpaired) electrons. The SMILES string of the molecule is Cc1[nH]nc2c1C1(CCNC1)C(C)CC2. The Hall–Kier alpha value is -0.830. The van der Waals surface area contributed by atoms with Gasteiger partial charge < -0.3 is 5.32 Å². The molecule has 1 aromatic heterocycles. The molecule has 3 rings (SSSR count). The van der Waals surface area contributed by atoms with E-state index in [0.29, 0.717) is 5.41 Å². The first-order valence-corrected chi connectivity index (χ1v) is 5.99. The van der Waals surface area contributed by atoms with Crippen LogP contribution >= 0.6 is 0 Å². The number of nitrogens with zero attached hydrogens (tertiary/aromatic N) is 1. The van der Waals surface area contributed by atoms with E-state index in [0.717, 1.165) is 25.4 Å². The first kappa shape index (κ1) is 9.40. The lowest BCUT2D eigenvalue weighted by Gasteiger charge is -2.39. The van der Waals surface area contributed by atoms with Crippen LogP contribution in [-0.2, 0) is 11.8 Å². The van der Waals surface area contributed by atoms with E-state index in [-0.39, 0.29) is 0 Å². The maximum atomic E-state index is 4.46. The summed E-state index contributed by atoms with van der Waals surface area (Å²) in [5.74, 6) is 0.788. The largest absolute Gasteiger partial charge is 0.316 e. The molecule has 1 aromatic rings. The maximum Gasteiger partial charge on any atom is 0.0663 e. The highest BCUT2D eigenvalue weighted by atomic mass is 15.1. The summed E-state index contributed by atoms with van der Waals surface area (Å²) < 4.78 is 0. The molecule has 1 spiro atoms. The predicted molar refractivity (Wildman–Crippen MR) is 60.0 cm³/mol. The van der Waals surface area contributed by atoms with Gasteiger partial charge in [-0.2, -0.15) is 5.10 Å². The maximum absolute atomic E-state index is 4.46. The third-order valence-electron chi connectivity index (χ3n) is 4.47. The van der Waals surface area contributed by atoms with Gasteiger partial charge >= 0.3 is 0 Å². The molecule has 3 heteroatoms. The van der Waals surface area contributed by atoms with Crippen LogP contribution in [0.3, 0.4) is 0 Å². The second-order valence-corrected chi connectivity index (χ2v) is 5.19. The van der Waals surface area contributed by atoms with Gasteiger partial charge in [-0.05, 0) is 38.6 Å². The number of hydrogen-bond acceptors (Lipinski definition) is 2. The zero-order valence-corrected chi connectivity index (χ0v) is 9.56. The molecule has 1 aliphatic heterocycles. The fourth-order valence-corrected chi connectivity index (χ4v) is 3.54. The predicted octanol–water partition coefficient (Wildman–Crippen LogP) is 1.53. The van der Waals surface area contributed by atoms with Gasteiger partial charge in [0, 0.05) is 23.2 Å². The number of aryl methyl sites for hydroxylation is 2. The quantitative estimate of drug-likeness (QED) is 0.674. The van der Waals surface area contributed by atoms with Crippen molar-refractivity contribution in [3.63, 3.8) is 0 Å². The summed E-state index contributed by atoms with van der Waals surface area (Å²) in [6.45, 7) is 6.88. The summed E-state index contributed by atoms with van der Waals surface area (Å²) in [5.41, 5.74) is 4.53. The van der Waals surface area contributed by atoms with Gasteiger partial charge in [-0.25, -0.2) is 0 Å². The first-order chi connectivity index (χ1) is 7.24. The Kier molecular flexibility index (Phi) is 1.93. The fourth-order valence-electron chi connectivity index (χ4n) is 3.54. The van der Waals surface area contributed by atoms with E-state index in [1.807, 2.05) is 0 Å². The molecular formula is C12H19N3. The number of nitrogens with one attached hydrogen (secondary N) is 2. The molecule has 0 aromatic carbocycles. The Morgan fingerprint density at radius 3 is 3.07 bits per heavy atom. The molecule has 3 nitrogen and oxygen atoms in total. The highest BCUT2D eigenvalue weighted by Crippen LogP contribution is 2.45. The smallest absolute Gasteiger partial charge is 0.0663 e. The number of hydrogen-bond donors (Lipinski definition) is 2. The number of H-pyrrole nitrogens is 1. The van der Waals surface area contributed by atoms with Crippen molar-refractivity contribution >= 4 is 0 Å². The van der Waals surface area contributed by atoms with Gasteiger partial charge in [0.15, 0.2) is 0 Å². The van der Waals surface area contributed by atoms with Gasteiger partial charge in [-0.3, -0.25) is 5.10 Å².